The number of aryl methyl sites for hydroxylation is 1. The molecular formula is C25H37FN2O. The van der Waals surface area contributed by atoms with E-state index in [1.54, 1.807) is 0 Å². The first kappa shape index (κ1) is 23.3. The van der Waals surface area contributed by atoms with E-state index in [1.165, 1.54) is 56.9 Å². The lowest BCUT2D eigenvalue weighted by Gasteiger charge is -2.09. The summed E-state index contributed by atoms with van der Waals surface area (Å²) in [6.45, 7) is 4.51. The molecule has 0 aliphatic carbocycles. The fraction of sp³-hybridized carbons (Fsp3) is 0.600. The predicted octanol–water partition coefficient (Wildman–Crippen LogP) is 7.34. The highest BCUT2D eigenvalue weighted by Gasteiger charge is 2.05. The molecule has 3 nitrogen and oxygen atoms in total. The van der Waals surface area contributed by atoms with Crippen LogP contribution in [0.1, 0.15) is 83.6 Å². The van der Waals surface area contributed by atoms with Crippen LogP contribution in [-0.2, 0) is 6.42 Å². The van der Waals surface area contributed by atoms with Gasteiger partial charge in [0.2, 0.25) is 0 Å². The quantitative estimate of drug-likeness (QED) is 0.293. The van der Waals surface area contributed by atoms with E-state index in [1.807, 2.05) is 43.6 Å². The summed E-state index contributed by atoms with van der Waals surface area (Å²) in [4.78, 5) is 9.04. The van der Waals surface area contributed by atoms with Gasteiger partial charge in [-0.25, -0.2) is 14.4 Å². The molecule has 29 heavy (non-hydrogen) atoms. The molecule has 4 heteroatoms. The fourth-order valence-corrected chi connectivity index (χ4v) is 3.30. The largest absolute Gasteiger partial charge is 0.493 e. The van der Waals surface area contributed by atoms with Gasteiger partial charge >= 0.3 is 0 Å². The summed E-state index contributed by atoms with van der Waals surface area (Å²) in [7, 11) is 0. The van der Waals surface area contributed by atoms with Crippen molar-refractivity contribution in [3.63, 3.8) is 0 Å². The Hall–Kier alpha value is -1.97. The highest BCUT2D eigenvalue weighted by Crippen LogP contribution is 2.20. The average Bonchev–Trinajstić information content (AvgIpc) is 2.76. The molecule has 1 heterocycles. The third-order valence-electron chi connectivity index (χ3n) is 5.28. The molecule has 0 aliphatic rings. The molecule has 0 bridgehead atoms. The first-order valence-corrected chi connectivity index (χ1v) is 11.4. The van der Waals surface area contributed by atoms with Crippen LogP contribution in [0.4, 0.5) is 4.39 Å². The van der Waals surface area contributed by atoms with Crippen molar-refractivity contribution < 1.29 is 9.13 Å². The Morgan fingerprint density at radius 1 is 0.862 bits per heavy atom. The summed E-state index contributed by atoms with van der Waals surface area (Å²) >= 11 is 0. The molecule has 0 radical (unpaired) electrons. The third-order valence-corrected chi connectivity index (χ3v) is 5.28. The van der Waals surface area contributed by atoms with Crippen LogP contribution in [0.5, 0.6) is 5.75 Å². The van der Waals surface area contributed by atoms with Crippen LogP contribution in [0.15, 0.2) is 36.7 Å². The molecule has 1 unspecified atom stereocenters. The molecule has 0 aliphatic heterocycles. The van der Waals surface area contributed by atoms with Gasteiger partial charge in [-0.2, -0.15) is 0 Å². The van der Waals surface area contributed by atoms with Crippen LogP contribution in [0.3, 0.4) is 0 Å². The fourth-order valence-electron chi connectivity index (χ4n) is 3.30. The van der Waals surface area contributed by atoms with E-state index in [2.05, 4.69) is 16.9 Å². The molecular weight excluding hydrogens is 363 g/mol. The zero-order valence-electron chi connectivity index (χ0n) is 18.2. The molecule has 1 atom stereocenters. The molecule has 0 N–H and O–H groups in total. The monoisotopic (exact) mass is 400 g/mol. The van der Waals surface area contributed by atoms with E-state index in [-0.39, 0.29) is 0 Å². The van der Waals surface area contributed by atoms with E-state index in [0.717, 1.165) is 23.6 Å². The molecule has 2 rings (SSSR count). The lowest BCUT2D eigenvalue weighted by Crippen LogP contribution is -2.06. The summed E-state index contributed by atoms with van der Waals surface area (Å²) < 4.78 is 18.8. The van der Waals surface area contributed by atoms with Crippen LogP contribution in [0.2, 0.25) is 0 Å². The number of alkyl halides is 1. The lowest BCUT2D eigenvalue weighted by atomic mass is 10.1. The first-order valence-electron chi connectivity index (χ1n) is 11.4. The molecule has 1 aromatic carbocycles. The highest BCUT2D eigenvalue weighted by atomic mass is 19.1. The SMILES string of the molecule is CCCCCCCCCCc1cnc(-c2ccc(OCCC(F)CC)cc2)nc1. The molecule has 0 fully saturated rings. The lowest BCUT2D eigenvalue weighted by molar-refractivity contribution is 0.231. The summed E-state index contributed by atoms with van der Waals surface area (Å²) in [6, 6.07) is 7.70. The van der Waals surface area contributed by atoms with Gasteiger partial charge in [0.05, 0.1) is 6.61 Å². The standard InChI is InChI=1S/C25H37FN2O/c1-3-5-6-7-8-9-10-11-12-21-19-27-25(28-20-21)22-13-15-24(16-14-22)29-18-17-23(26)4-2/h13-16,19-20,23H,3-12,17-18H2,1-2H3. The normalized spacial score (nSPS) is 12.1. The van der Waals surface area contributed by atoms with Gasteiger partial charge in [-0.15, -0.1) is 0 Å². The van der Waals surface area contributed by atoms with E-state index < -0.39 is 6.17 Å². The van der Waals surface area contributed by atoms with Gasteiger partial charge in [0.1, 0.15) is 11.9 Å². The average molecular weight is 401 g/mol. The van der Waals surface area contributed by atoms with Crippen LogP contribution < -0.4 is 4.74 Å². The van der Waals surface area contributed by atoms with Crippen LogP contribution >= 0.6 is 0 Å². The number of halogens is 1. The second kappa shape index (κ2) is 14.1. The smallest absolute Gasteiger partial charge is 0.159 e. The van der Waals surface area contributed by atoms with Gasteiger partial charge in [-0.1, -0.05) is 58.8 Å². The Morgan fingerprint density at radius 2 is 1.48 bits per heavy atom. The van der Waals surface area contributed by atoms with Crippen molar-refractivity contribution in [1.29, 1.82) is 0 Å². The zero-order valence-corrected chi connectivity index (χ0v) is 18.2. The van der Waals surface area contributed by atoms with Gasteiger partial charge in [-0.05, 0) is 49.1 Å². The maximum absolute atomic E-state index is 13.2. The van der Waals surface area contributed by atoms with Crippen LogP contribution in [0.25, 0.3) is 11.4 Å². The molecule has 0 saturated heterocycles. The van der Waals surface area contributed by atoms with Crippen molar-refractivity contribution in [2.75, 3.05) is 6.61 Å². The number of nitrogens with zero attached hydrogens (tertiary/aromatic N) is 2. The second-order valence-electron chi connectivity index (χ2n) is 7.81. The summed E-state index contributed by atoms with van der Waals surface area (Å²) in [6.07, 6.45) is 15.8. The second-order valence-corrected chi connectivity index (χ2v) is 7.81. The number of benzene rings is 1. The van der Waals surface area contributed by atoms with E-state index in [4.69, 9.17) is 4.74 Å². The number of ether oxygens (including phenoxy) is 1. The molecule has 0 amide bonds. The molecule has 160 valence electrons. The number of hydrogen-bond acceptors (Lipinski definition) is 3. The number of hydrogen-bond donors (Lipinski definition) is 0. The van der Waals surface area contributed by atoms with E-state index in [0.29, 0.717) is 19.4 Å². The molecule has 0 spiro atoms. The zero-order chi connectivity index (χ0) is 20.7. The van der Waals surface area contributed by atoms with Crippen molar-refractivity contribution in [2.45, 2.75) is 90.6 Å². The van der Waals surface area contributed by atoms with Gasteiger partial charge < -0.3 is 4.74 Å². The Labute approximate surface area is 176 Å². The predicted molar refractivity (Wildman–Crippen MR) is 119 cm³/mol. The maximum Gasteiger partial charge on any atom is 0.159 e. The number of unbranched alkanes of at least 4 members (excludes halogenated alkanes) is 7. The van der Waals surface area contributed by atoms with Crippen LogP contribution in [0, 0.1) is 0 Å². The first-order chi connectivity index (χ1) is 14.2. The van der Waals surface area contributed by atoms with Gasteiger partial charge in [0.15, 0.2) is 5.82 Å². The minimum atomic E-state index is -0.785. The van der Waals surface area contributed by atoms with Crippen molar-refractivity contribution in [3.05, 3.63) is 42.2 Å². The van der Waals surface area contributed by atoms with Gasteiger partial charge in [0.25, 0.3) is 0 Å². The number of aromatic nitrogens is 2. The molecule has 1 aromatic heterocycles. The Bertz CT molecular complexity index is 658. The minimum Gasteiger partial charge on any atom is -0.493 e. The van der Waals surface area contributed by atoms with Gasteiger partial charge in [0, 0.05) is 24.4 Å². The highest BCUT2D eigenvalue weighted by molar-refractivity contribution is 5.55. The van der Waals surface area contributed by atoms with Crippen molar-refractivity contribution in [1.82, 2.24) is 9.97 Å². The van der Waals surface area contributed by atoms with Crippen molar-refractivity contribution >= 4 is 0 Å². The van der Waals surface area contributed by atoms with Crippen molar-refractivity contribution in [2.24, 2.45) is 0 Å². The summed E-state index contributed by atoms with van der Waals surface area (Å²) in [5.41, 5.74) is 2.17. The van der Waals surface area contributed by atoms with Crippen LogP contribution in [-0.4, -0.2) is 22.7 Å². The summed E-state index contributed by atoms with van der Waals surface area (Å²) in [5, 5.41) is 0. The molecule has 0 saturated carbocycles. The van der Waals surface area contributed by atoms with E-state index in [9.17, 15) is 4.39 Å². The minimum absolute atomic E-state index is 0.401. The Balaban J connectivity index is 1.69. The third kappa shape index (κ3) is 9.38. The van der Waals surface area contributed by atoms with Crippen molar-refractivity contribution in [3.8, 4) is 17.1 Å². The van der Waals surface area contributed by atoms with Gasteiger partial charge in [-0.3, -0.25) is 0 Å². The topological polar surface area (TPSA) is 35.0 Å². The molecule has 2 aromatic rings. The van der Waals surface area contributed by atoms with E-state index >= 15 is 0 Å². The Morgan fingerprint density at radius 3 is 2.10 bits per heavy atom. The number of rotatable bonds is 15. The maximum atomic E-state index is 13.2. The summed E-state index contributed by atoms with van der Waals surface area (Å²) in [5.74, 6) is 1.48. The Kier molecular flexibility index (Phi) is 11.3.